The third kappa shape index (κ3) is 3.00. The van der Waals surface area contributed by atoms with E-state index in [0.717, 1.165) is 16.2 Å². The molecule has 0 atom stereocenters. The van der Waals surface area contributed by atoms with Gasteiger partial charge in [-0.15, -0.1) is 0 Å². The van der Waals surface area contributed by atoms with Gasteiger partial charge in [-0.05, 0) is 26.0 Å². The molecule has 0 radical (unpaired) electrons. The molecule has 0 unspecified atom stereocenters. The monoisotopic (exact) mass is 249 g/mol. The van der Waals surface area contributed by atoms with Crippen molar-refractivity contribution in [3.05, 3.63) is 29.8 Å². The van der Waals surface area contributed by atoms with Gasteiger partial charge in [-0.1, -0.05) is 17.7 Å². The lowest BCUT2D eigenvalue weighted by molar-refractivity contribution is 0.200. The second-order valence-corrected chi connectivity index (χ2v) is 3.98. The van der Waals surface area contributed by atoms with Crippen LogP contribution < -0.4 is 10.2 Å². The summed E-state index contributed by atoms with van der Waals surface area (Å²) in [4.78, 5) is 26.2. The van der Waals surface area contributed by atoms with E-state index < -0.39 is 6.03 Å². The number of benzene rings is 1. The summed E-state index contributed by atoms with van der Waals surface area (Å²) >= 11 is 0. The molecule has 0 aromatic heterocycles. The van der Waals surface area contributed by atoms with Gasteiger partial charge in [0.25, 0.3) is 0 Å². The Labute approximate surface area is 107 Å². The number of imide groups is 1. The number of urea groups is 2. The van der Waals surface area contributed by atoms with Crippen molar-refractivity contribution in [3.63, 3.8) is 0 Å². The Hall–Kier alpha value is -2.04. The standard InChI is InChI=1S/C13H19N3O2/c1-5-16(11-8-6-10(2)7-9-11)13(18)15(4)12(17)14-3/h6-9H,5H2,1-4H3,(H,14,17). The van der Waals surface area contributed by atoms with Crippen LogP contribution >= 0.6 is 0 Å². The third-order valence-corrected chi connectivity index (χ3v) is 2.70. The lowest BCUT2D eigenvalue weighted by Crippen LogP contribution is -2.47. The van der Waals surface area contributed by atoms with Crippen LogP contribution in [0.2, 0.25) is 0 Å². The highest BCUT2D eigenvalue weighted by molar-refractivity contribution is 6.01. The fraction of sp³-hybridized carbons (Fsp3) is 0.385. The number of anilines is 1. The number of rotatable bonds is 2. The molecular formula is C13H19N3O2. The van der Waals surface area contributed by atoms with Crippen molar-refractivity contribution in [2.45, 2.75) is 13.8 Å². The molecule has 0 saturated carbocycles. The van der Waals surface area contributed by atoms with Gasteiger partial charge < -0.3 is 5.32 Å². The van der Waals surface area contributed by atoms with Crippen LogP contribution in [-0.4, -0.2) is 37.6 Å². The number of aryl methyl sites for hydroxylation is 1. The molecular weight excluding hydrogens is 230 g/mol. The molecule has 18 heavy (non-hydrogen) atoms. The van der Waals surface area contributed by atoms with Crippen LogP contribution in [0.3, 0.4) is 0 Å². The maximum atomic E-state index is 12.2. The first-order valence-corrected chi connectivity index (χ1v) is 5.84. The highest BCUT2D eigenvalue weighted by Gasteiger charge is 2.22. The van der Waals surface area contributed by atoms with E-state index in [2.05, 4.69) is 5.32 Å². The Kier molecular flexibility index (Phi) is 4.71. The Balaban J connectivity index is 2.93. The van der Waals surface area contributed by atoms with E-state index in [1.807, 2.05) is 38.1 Å². The second kappa shape index (κ2) is 6.05. The van der Waals surface area contributed by atoms with Crippen molar-refractivity contribution in [2.75, 3.05) is 25.5 Å². The van der Waals surface area contributed by atoms with Gasteiger partial charge in [0.1, 0.15) is 0 Å². The lowest BCUT2D eigenvalue weighted by atomic mass is 10.2. The van der Waals surface area contributed by atoms with Gasteiger partial charge in [0.05, 0.1) is 0 Å². The van der Waals surface area contributed by atoms with Gasteiger partial charge in [-0.3, -0.25) is 4.90 Å². The summed E-state index contributed by atoms with van der Waals surface area (Å²) < 4.78 is 0. The number of nitrogens with zero attached hydrogens (tertiary/aromatic N) is 2. The van der Waals surface area contributed by atoms with Gasteiger partial charge in [-0.25, -0.2) is 14.5 Å². The molecule has 0 bridgehead atoms. The van der Waals surface area contributed by atoms with Crippen LogP contribution in [0.15, 0.2) is 24.3 Å². The zero-order valence-corrected chi connectivity index (χ0v) is 11.2. The molecule has 0 fully saturated rings. The number of nitrogens with one attached hydrogen (secondary N) is 1. The van der Waals surface area contributed by atoms with E-state index >= 15 is 0 Å². The van der Waals surface area contributed by atoms with E-state index in [1.165, 1.54) is 14.1 Å². The van der Waals surface area contributed by atoms with Gasteiger partial charge in [-0.2, -0.15) is 0 Å². The van der Waals surface area contributed by atoms with Crippen molar-refractivity contribution in [1.29, 1.82) is 0 Å². The zero-order chi connectivity index (χ0) is 13.7. The van der Waals surface area contributed by atoms with Crippen LogP contribution in [0.25, 0.3) is 0 Å². The molecule has 0 aliphatic rings. The van der Waals surface area contributed by atoms with E-state index in [1.54, 1.807) is 4.90 Å². The topological polar surface area (TPSA) is 52.7 Å². The second-order valence-electron chi connectivity index (χ2n) is 3.98. The quantitative estimate of drug-likeness (QED) is 0.873. The summed E-state index contributed by atoms with van der Waals surface area (Å²) in [6.45, 7) is 4.36. The average Bonchev–Trinajstić information content (AvgIpc) is 2.39. The largest absolute Gasteiger partial charge is 0.341 e. The van der Waals surface area contributed by atoms with Crippen LogP contribution in [0, 0.1) is 6.92 Å². The van der Waals surface area contributed by atoms with Crippen LogP contribution in [0.1, 0.15) is 12.5 Å². The molecule has 1 N–H and O–H groups in total. The summed E-state index contributed by atoms with van der Waals surface area (Å²) in [7, 11) is 2.95. The van der Waals surface area contributed by atoms with Gasteiger partial charge in [0.2, 0.25) is 0 Å². The van der Waals surface area contributed by atoms with Crippen molar-refractivity contribution in [2.24, 2.45) is 0 Å². The minimum atomic E-state index is -0.425. The van der Waals surface area contributed by atoms with Crippen LogP contribution in [-0.2, 0) is 0 Å². The van der Waals surface area contributed by atoms with Crippen molar-refractivity contribution < 1.29 is 9.59 Å². The third-order valence-electron chi connectivity index (χ3n) is 2.70. The molecule has 5 nitrogen and oxygen atoms in total. The summed E-state index contributed by atoms with van der Waals surface area (Å²) in [6, 6.07) is 6.84. The fourth-order valence-corrected chi connectivity index (χ4v) is 1.59. The number of hydrogen-bond donors (Lipinski definition) is 1. The van der Waals surface area contributed by atoms with Crippen LogP contribution in [0.5, 0.6) is 0 Å². The smallest absolute Gasteiger partial charge is 0.332 e. The summed E-state index contributed by atoms with van der Waals surface area (Å²) in [5, 5.41) is 2.42. The summed E-state index contributed by atoms with van der Waals surface area (Å²) in [6.07, 6.45) is 0. The highest BCUT2D eigenvalue weighted by atomic mass is 16.2. The van der Waals surface area contributed by atoms with E-state index in [4.69, 9.17) is 0 Å². The molecule has 98 valence electrons. The summed E-state index contributed by atoms with van der Waals surface area (Å²) in [5.74, 6) is 0. The Morgan fingerprint density at radius 1 is 1.22 bits per heavy atom. The molecule has 5 heteroatoms. The van der Waals surface area contributed by atoms with E-state index in [0.29, 0.717) is 6.54 Å². The average molecular weight is 249 g/mol. The molecule has 1 rings (SSSR count). The maximum absolute atomic E-state index is 12.2. The SMILES string of the molecule is CCN(C(=O)N(C)C(=O)NC)c1ccc(C)cc1. The minimum Gasteiger partial charge on any atom is -0.341 e. The van der Waals surface area contributed by atoms with Gasteiger partial charge in [0, 0.05) is 26.3 Å². The number of amides is 4. The maximum Gasteiger partial charge on any atom is 0.332 e. The van der Waals surface area contributed by atoms with Gasteiger partial charge >= 0.3 is 12.1 Å². The van der Waals surface area contributed by atoms with Gasteiger partial charge in [0.15, 0.2) is 0 Å². The first-order chi connectivity index (χ1) is 8.51. The number of hydrogen-bond acceptors (Lipinski definition) is 2. The predicted octanol–water partition coefficient (Wildman–Crippen LogP) is 2.21. The molecule has 4 amide bonds. The van der Waals surface area contributed by atoms with Crippen molar-refractivity contribution in [3.8, 4) is 0 Å². The Bertz CT molecular complexity index is 428. The van der Waals surface area contributed by atoms with Crippen molar-refractivity contribution >= 4 is 17.7 Å². The lowest BCUT2D eigenvalue weighted by Gasteiger charge is -2.26. The molecule has 0 aliphatic carbocycles. The number of carbonyl (C=O) groups excluding carboxylic acids is 2. The molecule has 1 aromatic rings. The fourth-order valence-electron chi connectivity index (χ4n) is 1.59. The van der Waals surface area contributed by atoms with E-state index in [9.17, 15) is 9.59 Å². The minimum absolute atomic E-state index is 0.347. The molecule has 0 heterocycles. The first kappa shape index (κ1) is 14.0. The molecule has 0 spiro atoms. The molecule has 0 aliphatic heterocycles. The predicted molar refractivity (Wildman–Crippen MR) is 71.8 cm³/mol. The molecule has 0 saturated heterocycles. The molecule has 1 aromatic carbocycles. The normalized spacial score (nSPS) is 9.78. The van der Waals surface area contributed by atoms with E-state index in [-0.39, 0.29) is 6.03 Å². The summed E-state index contributed by atoms with van der Waals surface area (Å²) in [5.41, 5.74) is 1.91. The van der Waals surface area contributed by atoms with Crippen LogP contribution in [0.4, 0.5) is 15.3 Å². The zero-order valence-electron chi connectivity index (χ0n) is 11.2. The van der Waals surface area contributed by atoms with Crippen molar-refractivity contribution in [1.82, 2.24) is 10.2 Å². The first-order valence-electron chi connectivity index (χ1n) is 5.84. The number of carbonyl (C=O) groups is 2. The Morgan fingerprint density at radius 2 is 1.78 bits per heavy atom. The Morgan fingerprint density at radius 3 is 2.22 bits per heavy atom. The highest BCUT2D eigenvalue weighted by Crippen LogP contribution is 2.16.